The fourth-order valence-corrected chi connectivity index (χ4v) is 0.817. The highest BCUT2D eigenvalue weighted by Gasteiger charge is 1.98. The first-order valence-electron chi connectivity index (χ1n) is 3.79. The van der Waals surface area contributed by atoms with Crippen molar-refractivity contribution in [2.45, 2.75) is 13.8 Å². The number of rotatable bonds is 3. The lowest BCUT2D eigenvalue weighted by Gasteiger charge is -2.07. The molecule has 1 heterocycles. The average Bonchev–Trinajstić information content (AvgIpc) is 2.01. The molecule has 0 unspecified atom stereocenters. The molecule has 1 aromatic heterocycles. The van der Waals surface area contributed by atoms with Crippen molar-refractivity contribution in [1.29, 1.82) is 0 Å². The molecule has 0 spiro atoms. The minimum Gasteiger partial charge on any atom is -0.492 e. The second-order valence-corrected chi connectivity index (χ2v) is 3.31. The molecule has 0 aliphatic heterocycles. The zero-order valence-electron chi connectivity index (χ0n) is 7.12. The van der Waals surface area contributed by atoms with Crippen molar-refractivity contribution in [3.05, 3.63) is 17.4 Å². The molecule has 1 rings (SSSR count). The van der Waals surface area contributed by atoms with Gasteiger partial charge in [-0.3, -0.25) is 0 Å². The van der Waals surface area contributed by atoms with Crippen LogP contribution in [0.4, 0.5) is 0 Å². The van der Waals surface area contributed by atoms with Gasteiger partial charge >= 0.3 is 0 Å². The molecule has 0 N–H and O–H groups in total. The van der Waals surface area contributed by atoms with Crippen LogP contribution in [0.5, 0.6) is 5.75 Å². The normalized spacial score (nSPS) is 10.3. The van der Waals surface area contributed by atoms with Gasteiger partial charge in [-0.2, -0.15) is 5.10 Å². The lowest BCUT2D eigenvalue weighted by molar-refractivity contribution is 0.269. The van der Waals surface area contributed by atoms with Gasteiger partial charge in [0.15, 0.2) is 5.15 Å². The molecule has 3 nitrogen and oxygen atoms in total. The molecule has 0 saturated carbocycles. The second kappa shape index (κ2) is 4.26. The SMILES string of the molecule is CC(C)COc1cnnc(Cl)c1. The lowest BCUT2D eigenvalue weighted by Crippen LogP contribution is -2.04. The Bertz CT molecular complexity index is 253. The van der Waals surface area contributed by atoms with Crippen molar-refractivity contribution in [3.8, 4) is 5.75 Å². The molecule has 4 heteroatoms. The van der Waals surface area contributed by atoms with Crippen molar-refractivity contribution in [3.63, 3.8) is 0 Å². The summed E-state index contributed by atoms with van der Waals surface area (Å²) in [6.07, 6.45) is 1.55. The summed E-state index contributed by atoms with van der Waals surface area (Å²) in [6.45, 7) is 4.83. The molecule has 0 saturated heterocycles. The highest BCUT2D eigenvalue weighted by atomic mass is 35.5. The maximum Gasteiger partial charge on any atom is 0.155 e. The summed E-state index contributed by atoms with van der Waals surface area (Å²) in [5.74, 6) is 1.17. The molecule has 0 bridgehead atoms. The molecule has 0 fully saturated rings. The van der Waals surface area contributed by atoms with Gasteiger partial charge in [-0.1, -0.05) is 25.4 Å². The number of halogens is 1. The van der Waals surface area contributed by atoms with E-state index in [0.29, 0.717) is 23.4 Å². The third-order valence-electron chi connectivity index (χ3n) is 1.18. The third-order valence-corrected chi connectivity index (χ3v) is 1.37. The first-order valence-corrected chi connectivity index (χ1v) is 4.17. The molecular formula is C8H11ClN2O. The molecule has 0 aliphatic rings. The smallest absolute Gasteiger partial charge is 0.155 e. The van der Waals surface area contributed by atoms with Crippen LogP contribution in [0.3, 0.4) is 0 Å². The Kier molecular flexibility index (Phi) is 3.29. The Morgan fingerprint density at radius 1 is 1.58 bits per heavy atom. The zero-order valence-corrected chi connectivity index (χ0v) is 7.88. The molecule has 0 atom stereocenters. The molecule has 66 valence electrons. The minimum atomic E-state index is 0.358. The van der Waals surface area contributed by atoms with Crippen LogP contribution in [0, 0.1) is 5.92 Å². The van der Waals surface area contributed by atoms with Crippen LogP contribution >= 0.6 is 11.6 Å². The van der Waals surface area contributed by atoms with Crippen molar-refractivity contribution < 1.29 is 4.74 Å². The van der Waals surface area contributed by atoms with Gasteiger partial charge in [0.25, 0.3) is 0 Å². The Hall–Kier alpha value is -0.830. The van der Waals surface area contributed by atoms with Gasteiger partial charge in [-0.25, -0.2) is 0 Å². The highest BCUT2D eigenvalue weighted by molar-refractivity contribution is 6.29. The van der Waals surface area contributed by atoms with Crippen molar-refractivity contribution in [2.24, 2.45) is 5.92 Å². The van der Waals surface area contributed by atoms with Gasteiger partial charge in [0.2, 0.25) is 0 Å². The van der Waals surface area contributed by atoms with Crippen molar-refractivity contribution in [2.75, 3.05) is 6.61 Å². The molecule has 0 radical (unpaired) electrons. The van der Waals surface area contributed by atoms with Crippen molar-refractivity contribution in [1.82, 2.24) is 10.2 Å². The van der Waals surface area contributed by atoms with E-state index in [0.717, 1.165) is 0 Å². The summed E-state index contributed by atoms with van der Waals surface area (Å²) in [5, 5.41) is 7.62. The minimum absolute atomic E-state index is 0.358. The molecular weight excluding hydrogens is 176 g/mol. The van der Waals surface area contributed by atoms with E-state index in [1.165, 1.54) is 0 Å². The fraction of sp³-hybridized carbons (Fsp3) is 0.500. The summed E-state index contributed by atoms with van der Waals surface area (Å²) in [5.41, 5.74) is 0. The van der Waals surface area contributed by atoms with Crippen LogP contribution in [-0.2, 0) is 0 Å². The van der Waals surface area contributed by atoms with Crippen LogP contribution in [0.25, 0.3) is 0 Å². The summed E-state index contributed by atoms with van der Waals surface area (Å²) < 4.78 is 5.36. The van der Waals surface area contributed by atoms with E-state index >= 15 is 0 Å². The molecule has 12 heavy (non-hydrogen) atoms. The highest BCUT2D eigenvalue weighted by Crippen LogP contribution is 2.13. The Labute approximate surface area is 76.7 Å². The maximum absolute atomic E-state index is 5.61. The van der Waals surface area contributed by atoms with Gasteiger partial charge < -0.3 is 4.74 Å². The van der Waals surface area contributed by atoms with E-state index in [9.17, 15) is 0 Å². The van der Waals surface area contributed by atoms with Gasteiger partial charge in [-0.15, -0.1) is 5.10 Å². The Morgan fingerprint density at radius 2 is 2.33 bits per heavy atom. The predicted molar refractivity (Wildman–Crippen MR) is 47.4 cm³/mol. The molecule has 0 aromatic carbocycles. The van der Waals surface area contributed by atoms with Crippen LogP contribution in [0.15, 0.2) is 12.3 Å². The summed E-state index contributed by atoms with van der Waals surface area (Å²) >= 11 is 5.61. The summed E-state index contributed by atoms with van der Waals surface area (Å²) in [7, 11) is 0. The van der Waals surface area contributed by atoms with Gasteiger partial charge in [0.1, 0.15) is 5.75 Å². The van der Waals surface area contributed by atoms with E-state index in [2.05, 4.69) is 24.0 Å². The van der Waals surface area contributed by atoms with Crippen LogP contribution in [0.1, 0.15) is 13.8 Å². The summed E-state index contributed by atoms with van der Waals surface area (Å²) in [4.78, 5) is 0. The van der Waals surface area contributed by atoms with Gasteiger partial charge in [0.05, 0.1) is 12.8 Å². The second-order valence-electron chi connectivity index (χ2n) is 2.92. The Balaban J connectivity index is 2.52. The number of hydrogen-bond acceptors (Lipinski definition) is 3. The standard InChI is InChI=1S/C8H11ClN2O/c1-6(2)5-12-7-3-8(9)11-10-4-7/h3-4,6H,5H2,1-2H3. The molecule has 1 aromatic rings. The first kappa shape index (κ1) is 9.26. The van der Waals surface area contributed by atoms with Crippen molar-refractivity contribution >= 4 is 11.6 Å². The van der Waals surface area contributed by atoms with Crippen LogP contribution in [-0.4, -0.2) is 16.8 Å². The molecule has 0 aliphatic carbocycles. The average molecular weight is 187 g/mol. The third kappa shape index (κ3) is 3.05. The fourth-order valence-electron chi connectivity index (χ4n) is 0.666. The van der Waals surface area contributed by atoms with E-state index in [1.54, 1.807) is 12.3 Å². The Morgan fingerprint density at radius 3 is 2.92 bits per heavy atom. The van der Waals surface area contributed by atoms with E-state index in [1.807, 2.05) is 0 Å². The topological polar surface area (TPSA) is 35.0 Å². The predicted octanol–water partition coefficient (Wildman–Crippen LogP) is 2.16. The first-order chi connectivity index (χ1) is 5.68. The molecule has 0 amide bonds. The van der Waals surface area contributed by atoms with Crippen LogP contribution in [0.2, 0.25) is 5.15 Å². The lowest BCUT2D eigenvalue weighted by atomic mass is 10.2. The van der Waals surface area contributed by atoms with Crippen LogP contribution < -0.4 is 4.74 Å². The zero-order chi connectivity index (χ0) is 8.97. The largest absolute Gasteiger partial charge is 0.492 e. The number of hydrogen-bond donors (Lipinski definition) is 0. The van der Waals surface area contributed by atoms with E-state index in [-0.39, 0.29) is 0 Å². The number of aromatic nitrogens is 2. The number of nitrogens with zero attached hydrogens (tertiary/aromatic N) is 2. The number of ether oxygens (including phenoxy) is 1. The monoisotopic (exact) mass is 186 g/mol. The van der Waals surface area contributed by atoms with E-state index in [4.69, 9.17) is 16.3 Å². The maximum atomic E-state index is 5.61. The van der Waals surface area contributed by atoms with E-state index < -0.39 is 0 Å². The van der Waals surface area contributed by atoms with Gasteiger partial charge in [0, 0.05) is 6.07 Å². The summed E-state index contributed by atoms with van der Waals surface area (Å²) in [6, 6.07) is 1.65. The van der Waals surface area contributed by atoms with Gasteiger partial charge in [-0.05, 0) is 5.92 Å². The quantitative estimate of drug-likeness (QED) is 0.726.